The number of rotatable bonds is 8. The van der Waals surface area contributed by atoms with Crippen LogP contribution >= 0.6 is 23.5 Å². The SMILES string of the molecule is CC(C)(O)CCSc1ccc(SCCC(C)(C)O)cc1. The summed E-state index contributed by atoms with van der Waals surface area (Å²) in [5, 5.41) is 19.3. The van der Waals surface area contributed by atoms with E-state index < -0.39 is 11.2 Å². The molecular weight excluding hydrogens is 288 g/mol. The molecule has 20 heavy (non-hydrogen) atoms. The van der Waals surface area contributed by atoms with Crippen molar-refractivity contribution in [3.63, 3.8) is 0 Å². The Hall–Kier alpha value is -0.160. The second-order valence-electron chi connectivity index (χ2n) is 6.29. The number of aliphatic hydroxyl groups is 2. The summed E-state index contributed by atoms with van der Waals surface area (Å²) in [6.07, 6.45) is 1.58. The Balaban J connectivity index is 2.33. The highest BCUT2D eigenvalue weighted by Gasteiger charge is 2.12. The average molecular weight is 315 g/mol. The van der Waals surface area contributed by atoms with Crippen LogP contribution in [0.5, 0.6) is 0 Å². The van der Waals surface area contributed by atoms with Crippen LogP contribution in [0.25, 0.3) is 0 Å². The van der Waals surface area contributed by atoms with Crippen LogP contribution in [0.4, 0.5) is 0 Å². The molecule has 4 heteroatoms. The molecule has 2 N–H and O–H groups in total. The number of thioether (sulfide) groups is 2. The highest BCUT2D eigenvalue weighted by molar-refractivity contribution is 7.99. The molecule has 0 heterocycles. The molecule has 0 radical (unpaired) electrons. The van der Waals surface area contributed by atoms with E-state index in [1.54, 1.807) is 23.5 Å². The number of hydrogen-bond donors (Lipinski definition) is 2. The van der Waals surface area contributed by atoms with Gasteiger partial charge in [-0.1, -0.05) is 0 Å². The van der Waals surface area contributed by atoms with E-state index >= 15 is 0 Å². The van der Waals surface area contributed by atoms with Crippen molar-refractivity contribution in [3.05, 3.63) is 24.3 Å². The highest BCUT2D eigenvalue weighted by Crippen LogP contribution is 2.26. The maximum atomic E-state index is 9.67. The molecule has 0 fully saturated rings. The summed E-state index contributed by atoms with van der Waals surface area (Å²) in [5.74, 6) is 1.85. The van der Waals surface area contributed by atoms with E-state index in [4.69, 9.17) is 0 Å². The van der Waals surface area contributed by atoms with Crippen LogP contribution in [0.3, 0.4) is 0 Å². The standard InChI is InChI=1S/C16H26O2S2/c1-15(2,17)9-11-19-13-5-7-14(8-6-13)20-12-10-16(3,4)18/h5-8,17-18H,9-12H2,1-4H3. The predicted octanol–water partition coefficient (Wildman–Crippen LogP) is 4.19. The van der Waals surface area contributed by atoms with E-state index in [0.717, 1.165) is 24.3 Å². The zero-order chi connectivity index (χ0) is 15.2. The molecule has 0 atom stereocenters. The van der Waals surface area contributed by atoms with Crippen LogP contribution in [0.15, 0.2) is 34.1 Å². The van der Waals surface area contributed by atoms with E-state index in [1.807, 2.05) is 27.7 Å². The third-order valence-electron chi connectivity index (χ3n) is 2.79. The van der Waals surface area contributed by atoms with Gasteiger partial charge in [0.15, 0.2) is 0 Å². The van der Waals surface area contributed by atoms with Crippen molar-refractivity contribution in [3.8, 4) is 0 Å². The maximum Gasteiger partial charge on any atom is 0.0599 e. The molecule has 0 aliphatic rings. The summed E-state index contributed by atoms with van der Waals surface area (Å²) in [5.41, 5.74) is -1.17. The zero-order valence-corrected chi connectivity index (χ0v) is 14.5. The molecule has 1 aromatic carbocycles. The Bertz CT molecular complexity index is 349. The van der Waals surface area contributed by atoms with Crippen LogP contribution in [0.2, 0.25) is 0 Å². The molecular formula is C16H26O2S2. The first-order valence-electron chi connectivity index (χ1n) is 6.96. The molecule has 114 valence electrons. The zero-order valence-electron chi connectivity index (χ0n) is 12.8. The van der Waals surface area contributed by atoms with Gasteiger partial charge in [0.1, 0.15) is 0 Å². The van der Waals surface area contributed by atoms with Crippen molar-refractivity contribution >= 4 is 23.5 Å². The van der Waals surface area contributed by atoms with Crippen molar-refractivity contribution in [2.24, 2.45) is 0 Å². The molecule has 0 amide bonds. The van der Waals surface area contributed by atoms with Crippen molar-refractivity contribution in [2.75, 3.05) is 11.5 Å². The van der Waals surface area contributed by atoms with E-state index in [0.29, 0.717) is 0 Å². The summed E-state index contributed by atoms with van der Waals surface area (Å²) in [7, 11) is 0. The summed E-state index contributed by atoms with van der Waals surface area (Å²) in [6.45, 7) is 7.37. The van der Waals surface area contributed by atoms with Gasteiger partial charge in [0.2, 0.25) is 0 Å². The summed E-state index contributed by atoms with van der Waals surface area (Å²) < 4.78 is 0. The second-order valence-corrected chi connectivity index (χ2v) is 8.63. The van der Waals surface area contributed by atoms with Gasteiger partial charge in [0.05, 0.1) is 11.2 Å². The second kappa shape index (κ2) is 7.74. The molecule has 0 saturated heterocycles. The van der Waals surface area contributed by atoms with Crippen molar-refractivity contribution in [1.82, 2.24) is 0 Å². The molecule has 0 bridgehead atoms. The predicted molar refractivity (Wildman–Crippen MR) is 89.7 cm³/mol. The van der Waals surface area contributed by atoms with E-state index in [9.17, 15) is 10.2 Å². The van der Waals surface area contributed by atoms with Crippen LogP contribution < -0.4 is 0 Å². The largest absolute Gasteiger partial charge is 0.390 e. The first-order valence-corrected chi connectivity index (χ1v) is 8.93. The molecule has 0 saturated carbocycles. The minimum Gasteiger partial charge on any atom is -0.390 e. The molecule has 0 aliphatic heterocycles. The lowest BCUT2D eigenvalue weighted by Crippen LogP contribution is -2.19. The Morgan fingerprint density at radius 1 is 0.750 bits per heavy atom. The lowest BCUT2D eigenvalue weighted by molar-refractivity contribution is 0.0771. The quantitative estimate of drug-likeness (QED) is 0.706. The van der Waals surface area contributed by atoms with Crippen LogP contribution in [-0.4, -0.2) is 32.9 Å². The van der Waals surface area contributed by atoms with Gasteiger partial charge in [0.25, 0.3) is 0 Å². The third kappa shape index (κ3) is 8.90. The molecule has 1 rings (SSSR count). The molecule has 1 aromatic rings. The first kappa shape index (κ1) is 17.9. The summed E-state index contributed by atoms with van der Waals surface area (Å²) in [4.78, 5) is 2.47. The minimum absolute atomic E-state index is 0.583. The maximum absolute atomic E-state index is 9.67. The van der Waals surface area contributed by atoms with Gasteiger partial charge in [-0.15, -0.1) is 23.5 Å². The lowest BCUT2D eigenvalue weighted by Gasteiger charge is -2.16. The Morgan fingerprint density at radius 3 is 1.30 bits per heavy atom. The van der Waals surface area contributed by atoms with Gasteiger partial charge in [-0.3, -0.25) is 0 Å². The topological polar surface area (TPSA) is 40.5 Å². The molecule has 0 aliphatic carbocycles. The van der Waals surface area contributed by atoms with Gasteiger partial charge in [0, 0.05) is 21.3 Å². The Labute approximate surface area is 131 Å². The van der Waals surface area contributed by atoms with Gasteiger partial charge in [-0.2, -0.15) is 0 Å². The van der Waals surface area contributed by atoms with E-state index in [1.165, 1.54) is 9.79 Å². The average Bonchev–Trinajstić information content (AvgIpc) is 2.28. The van der Waals surface area contributed by atoms with E-state index in [2.05, 4.69) is 24.3 Å². The van der Waals surface area contributed by atoms with Gasteiger partial charge in [-0.25, -0.2) is 0 Å². The number of hydrogen-bond acceptors (Lipinski definition) is 4. The van der Waals surface area contributed by atoms with Gasteiger partial charge >= 0.3 is 0 Å². The normalized spacial score (nSPS) is 12.7. The van der Waals surface area contributed by atoms with Crippen molar-refractivity contribution in [2.45, 2.75) is 61.5 Å². The summed E-state index contributed by atoms with van der Waals surface area (Å²) in [6, 6.07) is 8.51. The van der Waals surface area contributed by atoms with Crippen LogP contribution in [0, 0.1) is 0 Å². The fourth-order valence-electron chi connectivity index (χ4n) is 1.47. The monoisotopic (exact) mass is 314 g/mol. The molecule has 0 spiro atoms. The Kier molecular flexibility index (Phi) is 6.92. The van der Waals surface area contributed by atoms with Gasteiger partial charge < -0.3 is 10.2 Å². The fraction of sp³-hybridized carbons (Fsp3) is 0.625. The van der Waals surface area contributed by atoms with Crippen LogP contribution in [-0.2, 0) is 0 Å². The smallest absolute Gasteiger partial charge is 0.0599 e. The Morgan fingerprint density at radius 2 is 1.05 bits per heavy atom. The first-order chi connectivity index (χ1) is 9.16. The highest BCUT2D eigenvalue weighted by atomic mass is 32.2. The molecule has 0 unspecified atom stereocenters. The fourth-order valence-corrected chi connectivity index (χ4v) is 3.80. The third-order valence-corrected chi connectivity index (χ3v) is 4.82. The molecule has 0 aromatic heterocycles. The van der Waals surface area contributed by atoms with Crippen molar-refractivity contribution in [1.29, 1.82) is 0 Å². The van der Waals surface area contributed by atoms with Gasteiger partial charge in [-0.05, 0) is 64.8 Å². The number of benzene rings is 1. The van der Waals surface area contributed by atoms with Crippen LogP contribution in [0.1, 0.15) is 40.5 Å². The minimum atomic E-state index is -0.583. The lowest BCUT2D eigenvalue weighted by atomic mass is 10.1. The van der Waals surface area contributed by atoms with E-state index in [-0.39, 0.29) is 0 Å². The van der Waals surface area contributed by atoms with Crippen molar-refractivity contribution < 1.29 is 10.2 Å². The summed E-state index contributed by atoms with van der Waals surface area (Å²) >= 11 is 3.55. The molecule has 2 nitrogen and oxygen atoms in total.